The molecule has 0 amide bonds. The molecule has 3 nitrogen and oxygen atoms in total. The lowest BCUT2D eigenvalue weighted by Crippen LogP contribution is -2.23. The van der Waals surface area contributed by atoms with Gasteiger partial charge in [0.25, 0.3) is 0 Å². The van der Waals surface area contributed by atoms with Gasteiger partial charge in [0, 0.05) is 18.6 Å². The normalized spacial score (nSPS) is 11.3. The second-order valence-corrected chi connectivity index (χ2v) is 4.12. The van der Waals surface area contributed by atoms with Crippen LogP contribution < -0.4 is 4.90 Å². The summed E-state index contributed by atoms with van der Waals surface area (Å²) in [5.41, 5.74) is 1.33. The van der Waals surface area contributed by atoms with Gasteiger partial charge in [-0.1, -0.05) is 11.6 Å². The van der Waals surface area contributed by atoms with Crippen molar-refractivity contribution in [3.63, 3.8) is 0 Å². The molecule has 0 aromatic heterocycles. The van der Waals surface area contributed by atoms with Gasteiger partial charge in [0.2, 0.25) is 0 Å². The molecule has 82 valence electrons. The lowest BCUT2D eigenvalue weighted by Gasteiger charge is -2.21. The monoisotopic (exact) mass is 233 g/mol. The van der Waals surface area contributed by atoms with Crippen molar-refractivity contribution in [3.05, 3.63) is 28.8 Å². The minimum atomic E-state index is -0.0875. The Bertz CT molecular complexity index is 456. The van der Waals surface area contributed by atoms with Crippen LogP contribution in [0, 0.1) is 28.6 Å². The van der Waals surface area contributed by atoms with Gasteiger partial charge in [-0.2, -0.15) is 10.5 Å². The van der Waals surface area contributed by atoms with Gasteiger partial charge in [-0.05, 0) is 25.1 Å². The summed E-state index contributed by atoms with van der Waals surface area (Å²) in [7, 11) is 1.85. The van der Waals surface area contributed by atoms with E-state index in [2.05, 4.69) is 12.1 Å². The Morgan fingerprint density at radius 3 is 2.69 bits per heavy atom. The standard InChI is InChI=1S/C12H12ClN3/c1-9(6-14)8-16(2)12-5-11(13)4-3-10(12)7-15/h3-5,9H,8H2,1-2H3. The maximum atomic E-state index is 8.96. The van der Waals surface area contributed by atoms with Gasteiger partial charge in [0.05, 0.1) is 23.2 Å². The zero-order valence-electron chi connectivity index (χ0n) is 9.24. The molecule has 4 heteroatoms. The van der Waals surface area contributed by atoms with Crippen LogP contribution in [0.3, 0.4) is 0 Å². The molecule has 1 unspecified atom stereocenters. The van der Waals surface area contributed by atoms with Crippen LogP contribution in [0.2, 0.25) is 5.02 Å². The van der Waals surface area contributed by atoms with Crippen molar-refractivity contribution in [3.8, 4) is 12.1 Å². The molecule has 0 N–H and O–H groups in total. The van der Waals surface area contributed by atoms with E-state index in [9.17, 15) is 0 Å². The number of nitrogens with zero attached hydrogens (tertiary/aromatic N) is 3. The van der Waals surface area contributed by atoms with Gasteiger partial charge in [-0.3, -0.25) is 0 Å². The van der Waals surface area contributed by atoms with Crippen LogP contribution in [-0.2, 0) is 0 Å². The molecule has 0 radical (unpaired) electrons. The highest BCUT2D eigenvalue weighted by atomic mass is 35.5. The molecule has 1 aromatic carbocycles. The number of halogens is 1. The fraction of sp³-hybridized carbons (Fsp3) is 0.333. The van der Waals surface area contributed by atoms with Gasteiger partial charge in [-0.15, -0.1) is 0 Å². The molecule has 0 saturated carbocycles. The summed E-state index contributed by atoms with van der Waals surface area (Å²) in [5, 5.41) is 18.3. The Morgan fingerprint density at radius 1 is 1.44 bits per heavy atom. The van der Waals surface area contributed by atoms with E-state index in [1.807, 2.05) is 18.9 Å². The predicted molar refractivity (Wildman–Crippen MR) is 64.2 cm³/mol. The number of nitriles is 2. The molecular formula is C12H12ClN3. The lowest BCUT2D eigenvalue weighted by molar-refractivity contribution is 0.716. The van der Waals surface area contributed by atoms with Crippen molar-refractivity contribution >= 4 is 17.3 Å². The highest BCUT2D eigenvalue weighted by molar-refractivity contribution is 6.30. The predicted octanol–water partition coefficient (Wildman–Crippen LogP) is 2.81. The van der Waals surface area contributed by atoms with Gasteiger partial charge >= 0.3 is 0 Å². The van der Waals surface area contributed by atoms with E-state index in [1.54, 1.807) is 18.2 Å². The van der Waals surface area contributed by atoms with Crippen LogP contribution in [0.25, 0.3) is 0 Å². The smallest absolute Gasteiger partial charge is 0.101 e. The summed E-state index contributed by atoms with van der Waals surface area (Å²) in [6, 6.07) is 9.38. The second-order valence-electron chi connectivity index (χ2n) is 3.68. The second kappa shape index (κ2) is 5.39. The maximum Gasteiger partial charge on any atom is 0.101 e. The number of benzene rings is 1. The minimum Gasteiger partial charge on any atom is -0.372 e. The topological polar surface area (TPSA) is 50.8 Å². The molecule has 0 saturated heterocycles. The summed E-state index contributed by atoms with van der Waals surface area (Å²) in [4.78, 5) is 1.87. The third kappa shape index (κ3) is 2.89. The quantitative estimate of drug-likeness (QED) is 0.807. The molecule has 0 heterocycles. The van der Waals surface area contributed by atoms with Crippen LogP contribution >= 0.6 is 11.6 Å². The molecule has 1 rings (SSSR count). The molecular weight excluding hydrogens is 222 g/mol. The Morgan fingerprint density at radius 2 is 2.12 bits per heavy atom. The molecule has 0 aliphatic carbocycles. The largest absolute Gasteiger partial charge is 0.372 e. The number of hydrogen-bond acceptors (Lipinski definition) is 3. The molecule has 1 atom stereocenters. The summed E-state index contributed by atoms with van der Waals surface area (Å²) >= 11 is 5.89. The highest BCUT2D eigenvalue weighted by Crippen LogP contribution is 2.24. The zero-order valence-corrected chi connectivity index (χ0v) is 9.99. The van der Waals surface area contributed by atoms with Crippen molar-refractivity contribution in [2.45, 2.75) is 6.92 Å². The van der Waals surface area contributed by atoms with Crippen molar-refractivity contribution in [1.82, 2.24) is 0 Å². The van der Waals surface area contributed by atoms with E-state index in [-0.39, 0.29) is 5.92 Å². The molecule has 0 fully saturated rings. The van der Waals surface area contributed by atoms with E-state index >= 15 is 0 Å². The molecule has 0 aliphatic heterocycles. The van der Waals surface area contributed by atoms with E-state index in [4.69, 9.17) is 22.1 Å². The van der Waals surface area contributed by atoms with Crippen LogP contribution in [0.15, 0.2) is 18.2 Å². The first kappa shape index (κ1) is 12.4. The van der Waals surface area contributed by atoms with Crippen LogP contribution in [0.1, 0.15) is 12.5 Å². The molecule has 0 aliphatic rings. The van der Waals surface area contributed by atoms with E-state index < -0.39 is 0 Å². The van der Waals surface area contributed by atoms with E-state index in [1.165, 1.54) is 0 Å². The van der Waals surface area contributed by atoms with Gasteiger partial charge in [0.15, 0.2) is 0 Å². The SMILES string of the molecule is CC(C#N)CN(C)c1cc(Cl)ccc1C#N. The maximum absolute atomic E-state index is 8.96. The first-order valence-electron chi connectivity index (χ1n) is 4.89. The zero-order chi connectivity index (χ0) is 12.1. The van der Waals surface area contributed by atoms with Gasteiger partial charge in [-0.25, -0.2) is 0 Å². The van der Waals surface area contributed by atoms with Crippen molar-refractivity contribution in [2.75, 3.05) is 18.5 Å². The first-order valence-corrected chi connectivity index (χ1v) is 5.26. The summed E-state index contributed by atoms with van der Waals surface area (Å²) < 4.78 is 0. The molecule has 1 aromatic rings. The highest BCUT2D eigenvalue weighted by Gasteiger charge is 2.10. The van der Waals surface area contributed by atoms with Crippen LogP contribution in [0.5, 0.6) is 0 Å². The third-order valence-corrected chi connectivity index (χ3v) is 2.49. The van der Waals surface area contributed by atoms with Gasteiger partial charge in [0.1, 0.15) is 6.07 Å². The summed E-state index contributed by atoms with van der Waals surface area (Å²) in [5.74, 6) is -0.0875. The minimum absolute atomic E-state index is 0.0875. The van der Waals surface area contributed by atoms with Crippen molar-refractivity contribution < 1.29 is 0 Å². The first-order chi connectivity index (χ1) is 7.58. The number of anilines is 1. The Balaban J connectivity index is 2.99. The Hall–Kier alpha value is -1.71. The van der Waals surface area contributed by atoms with Crippen LogP contribution in [0.4, 0.5) is 5.69 Å². The fourth-order valence-electron chi connectivity index (χ4n) is 1.47. The van der Waals surface area contributed by atoms with Crippen LogP contribution in [-0.4, -0.2) is 13.6 Å². The molecule has 16 heavy (non-hydrogen) atoms. The third-order valence-electron chi connectivity index (χ3n) is 2.26. The Kier molecular flexibility index (Phi) is 4.17. The van der Waals surface area contributed by atoms with Crippen molar-refractivity contribution in [1.29, 1.82) is 10.5 Å². The number of hydrogen-bond donors (Lipinski definition) is 0. The average Bonchev–Trinajstić information content (AvgIpc) is 2.28. The number of rotatable bonds is 3. The lowest BCUT2D eigenvalue weighted by atomic mass is 10.1. The van der Waals surface area contributed by atoms with Gasteiger partial charge < -0.3 is 4.90 Å². The molecule has 0 spiro atoms. The summed E-state index contributed by atoms with van der Waals surface area (Å²) in [6.45, 7) is 2.42. The van der Waals surface area contributed by atoms with E-state index in [0.29, 0.717) is 17.1 Å². The fourth-order valence-corrected chi connectivity index (χ4v) is 1.63. The molecule has 0 bridgehead atoms. The van der Waals surface area contributed by atoms with E-state index in [0.717, 1.165) is 5.69 Å². The Labute approximate surface area is 100 Å². The van der Waals surface area contributed by atoms with Crippen molar-refractivity contribution in [2.24, 2.45) is 5.92 Å². The average molecular weight is 234 g/mol. The summed E-state index contributed by atoms with van der Waals surface area (Å²) in [6.07, 6.45) is 0.